The van der Waals surface area contributed by atoms with Crippen LogP contribution in [0.25, 0.3) is 0 Å². The number of esters is 2. The maximum absolute atomic E-state index is 12.8. The van der Waals surface area contributed by atoms with E-state index in [1.807, 2.05) is 21.1 Å². The lowest BCUT2D eigenvalue weighted by Crippen LogP contribution is -2.44. The van der Waals surface area contributed by atoms with Gasteiger partial charge in [-0.15, -0.1) is 0 Å². The number of hydrogen-bond acceptors (Lipinski definition) is 8. The molecule has 0 saturated heterocycles. The minimum absolute atomic E-state index is 0.148. The van der Waals surface area contributed by atoms with Crippen molar-refractivity contribution in [1.29, 1.82) is 0 Å². The molecule has 9 heteroatoms. The van der Waals surface area contributed by atoms with Gasteiger partial charge in [-0.25, -0.2) is 0 Å². The number of quaternary nitrogens is 1. The van der Waals surface area contributed by atoms with Crippen molar-refractivity contribution < 1.29 is 42.9 Å². The Bertz CT molecular complexity index is 1100. The maximum atomic E-state index is 12.8. The zero-order valence-corrected chi connectivity index (χ0v) is 42.7. The standard InChI is InChI=1S/C55H103NO8/c1-6-8-10-12-14-16-18-20-21-22-23-24-25-26-27-28-29-30-31-32-33-34-36-38-40-42-44-46-53(58)64-51(50-63-55(54(59)60)61-48-47-56(3,4)5)49-62-52(57)45-43-41-39-37-35-19-17-15-13-11-9-7-2/h15,17,22-23,51,55H,6-14,16,18-21,24-50H2,1-5H3/b17-15-,23-22-. The largest absolute Gasteiger partial charge is 0.545 e. The second-order valence-electron chi connectivity index (χ2n) is 19.5. The van der Waals surface area contributed by atoms with Crippen LogP contribution in [0.5, 0.6) is 0 Å². The number of hydrogen-bond donors (Lipinski definition) is 0. The molecule has 64 heavy (non-hydrogen) atoms. The SMILES string of the molecule is CCCCC/C=C\CCCCCCCC(=O)OCC(COC(OCC[N+](C)(C)C)C(=O)[O-])OC(=O)CCCCCCCCCCCCCCCCC/C=C\CCCCCCCCCC. The summed E-state index contributed by atoms with van der Waals surface area (Å²) in [5.41, 5.74) is 0. The number of unbranched alkanes of at least 4 members (excludes halogenated alkanes) is 31. The molecule has 0 aliphatic heterocycles. The van der Waals surface area contributed by atoms with Gasteiger partial charge in [0.15, 0.2) is 12.4 Å². The van der Waals surface area contributed by atoms with Crippen LogP contribution in [0.2, 0.25) is 0 Å². The van der Waals surface area contributed by atoms with Crippen LogP contribution in [0.3, 0.4) is 0 Å². The van der Waals surface area contributed by atoms with Gasteiger partial charge < -0.3 is 33.3 Å². The maximum Gasteiger partial charge on any atom is 0.306 e. The van der Waals surface area contributed by atoms with E-state index < -0.39 is 24.3 Å². The van der Waals surface area contributed by atoms with Crippen LogP contribution in [0.4, 0.5) is 0 Å². The first kappa shape index (κ1) is 61.8. The summed E-state index contributed by atoms with van der Waals surface area (Å²) in [5, 5.41) is 11.7. The Morgan fingerprint density at radius 3 is 1.19 bits per heavy atom. The van der Waals surface area contributed by atoms with Crippen LogP contribution in [-0.2, 0) is 33.3 Å². The summed E-state index contributed by atoms with van der Waals surface area (Å²) in [4.78, 5) is 37.1. The van der Waals surface area contributed by atoms with Gasteiger partial charge >= 0.3 is 11.9 Å². The van der Waals surface area contributed by atoms with E-state index in [0.29, 0.717) is 17.4 Å². The molecule has 0 radical (unpaired) electrons. The highest BCUT2D eigenvalue weighted by Gasteiger charge is 2.22. The van der Waals surface area contributed by atoms with Gasteiger partial charge in [0.1, 0.15) is 13.2 Å². The van der Waals surface area contributed by atoms with Crippen LogP contribution in [-0.4, -0.2) is 82.3 Å². The minimum Gasteiger partial charge on any atom is -0.545 e. The van der Waals surface area contributed by atoms with Crippen molar-refractivity contribution in [2.24, 2.45) is 0 Å². The molecule has 0 saturated carbocycles. The molecule has 0 aromatic carbocycles. The van der Waals surface area contributed by atoms with E-state index in [-0.39, 0.29) is 38.6 Å². The highest BCUT2D eigenvalue weighted by Crippen LogP contribution is 2.16. The topological polar surface area (TPSA) is 111 Å². The molecule has 9 nitrogen and oxygen atoms in total. The monoisotopic (exact) mass is 906 g/mol. The van der Waals surface area contributed by atoms with Crippen LogP contribution >= 0.6 is 0 Å². The van der Waals surface area contributed by atoms with Crippen molar-refractivity contribution >= 4 is 17.9 Å². The summed E-state index contributed by atoms with van der Waals surface area (Å²) in [6.07, 6.45) is 50.9. The predicted octanol–water partition coefficient (Wildman–Crippen LogP) is 13.8. The number of rotatable bonds is 50. The third-order valence-electron chi connectivity index (χ3n) is 11.9. The highest BCUT2D eigenvalue weighted by molar-refractivity contribution is 5.70. The zero-order chi connectivity index (χ0) is 47.0. The lowest BCUT2D eigenvalue weighted by molar-refractivity contribution is -0.870. The Hall–Kier alpha value is -2.23. The normalized spacial score (nSPS) is 13.0. The van der Waals surface area contributed by atoms with Crippen molar-refractivity contribution in [1.82, 2.24) is 0 Å². The fourth-order valence-electron chi connectivity index (χ4n) is 7.70. The molecule has 0 aliphatic rings. The molecule has 2 unspecified atom stereocenters. The number of carboxylic acids is 1. The molecule has 0 N–H and O–H groups in total. The summed E-state index contributed by atoms with van der Waals surface area (Å²) in [6.45, 7) is 4.73. The second kappa shape index (κ2) is 47.3. The van der Waals surface area contributed by atoms with Crippen LogP contribution in [0, 0.1) is 0 Å². The Kier molecular flexibility index (Phi) is 45.6. The number of carbonyl (C=O) groups is 3. The van der Waals surface area contributed by atoms with Crippen molar-refractivity contribution in [3.63, 3.8) is 0 Å². The molecule has 0 aromatic heterocycles. The fourth-order valence-corrected chi connectivity index (χ4v) is 7.70. The van der Waals surface area contributed by atoms with Crippen LogP contribution < -0.4 is 5.11 Å². The number of allylic oxidation sites excluding steroid dienone is 4. The Balaban J connectivity index is 4.16. The number of nitrogens with zero attached hydrogens (tertiary/aromatic N) is 1. The molecule has 0 heterocycles. The van der Waals surface area contributed by atoms with Gasteiger partial charge in [0.25, 0.3) is 0 Å². The molecule has 0 spiro atoms. The van der Waals surface area contributed by atoms with E-state index in [2.05, 4.69) is 38.2 Å². The van der Waals surface area contributed by atoms with E-state index >= 15 is 0 Å². The molecule has 376 valence electrons. The number of aliphatic carboxylic acids is 1. The van der Waals surface area contributed by atoms with Crippen LogP contribution in [0.15, 0.2) is 24.3 Å². The molecule has 0 aromatic rings. The lowest BCUT2D eigenvalue weighted by atomic mass is 10.0. The first-order valence-corrected chi connectivity index (χ1v) is 27.0. The van der Waals surface area contributed by atoms with Crippen molar-refractivity contribution in [2.45, 2.75) is 264 Å². The molecular weight excluding hydrogens is 803 g/mol. The molecule has 0 amide bonds. The molecule has 0 fully saturated rings. The fraction of sp³-hybridized carbons (Fsp3) is 0.873. The molecule has 2 atom stereocenters. The van der Waals surface area contributed by atoms with Gasteiger partial charge in [-0.2, -0.15) is 0 Å². The third-order valence-corrected chi connectivity index (χ3v) is 11.9. The van der Waals surface area contributed by atoms with E-state index in [1.165, 1.54) is 167 Å². The van der Waals surface area contributed by atoms with Crippen molar-refractivity contribution in [2.75, 3.05) is 47.5 Å². The van der Waals surface area contributed by atoms with E-state index in [9.17, 15) is 19.5 Å². The molecular formula is C55H103NO8. The zero-order valence-electron chi connectivity index (χ0n) is 42.7. The van der Waals surface area contributed by atoms with Gasteiger partial charge in [-0.1, -0.05) is 199 Å². The first-order valence-electron chi connectivity index (χ1n) is 27.0. The van der Waals surface area contributed by atoms with Gasteiger partial charge in [0.2, 0.25) is 0 Å². The smallest absolute Gasteiger partial charge is 0.306 e. The molecule has 0 bridgehead atoms. The number of ether oxygens (including phenoxy) is 4. The summed E-state index contributed by atoms with van der Waals surface area (Å²) in [5.74, 6) is -2.28. The van der Waals surface area contributed by atoms with Crippen molar-refractivity contribution in [3.8, 4) is 0 Å². The quantitative estimate of drug-likeness (QED) is 0.0195. The Morgan fingerprint density at radius 1 is 0.453 bits per heavy atom. The summed E-state index contributed by atoms with van der Waals surface area (Å²) >= 11 is 0. The summed E-state index contributed by atoms with van der Waals surface area (Å²) < 4.78 is 22.6. The minimum atomic E-state index is -1.62. The van der Waals surface area contributed by atoms with Gasteiger partial charge in [0, 0.05) is 12.8 Å². The summed E-state index contributed by atoms with van der Waals surface area (Å²) in [6, 6.07) is 0. The van der Waals surface area contributed by atoms with Crippen LogP contribution in [0.1, 0.15) is 251 Å². The van der Waals surface area contributed by atoms with E-state index in [1.54, 1.807) is 0 Å². The summed E-state index contributed by atoms with van der Waals surface area (Å²) in [7, 11) is 5.92. The predicted molar refractivity (Wildman–Crippen MR) is 265 cm³/mol. The highest BCUT2D eigenvalue weighted by atomic mass is 16.7. The van der Waals surface area contributed by atoms with Gasteiger partial charge in [-0.05, 0) is 64.2 Å². The lowest BCUT2D eigenvalue weighted by Gasteiger charge is -2.26. The third kappa shape index (κ3) is 47.7. The second-order valence-corrected chi connectivity index (χ2v) is 19.5. The van der Waals surface area contributed by atoms with Gasteiger partial charge in [0.05, 0.1) is 40.3 Å². The van der Waals surface area contributed by atoms with E-state index in [0.717, 1.165) is 51.4 Å². The average molecular weight is 906 g/mol. The molecule has 0 rings (SSSR count). The van der Waals surface area contributed by atoms with Crippen molar-refractivity contribution in [3.05, 3.63) is 24.3 Å². The number of carboxylic acid groups (broad SMARTS) is 1. The Morgan fingerprint density at radius 2 is 0.797 bits per heavy atom. The number of likely N-dealkylation sites (N-methyl/N-ethyl adjacent to an activating group) is 1. The molecule has 0 aliphatic carbocycles. The average Bonchev–Trinajstić information content (AvgIpc) is 3.26. The van der Waals surface area contributed by atoms with E-state index in [4.69, 9.17) is 18.9 Å². The van der Waals surface area contributed by atoms with Gasteiger partial charge in [-0.3, -0.25) is 9.59 Å². The number of carbonyl (C=O) groups excluding carboxylic acids is 3. The Labute approximate surface area is 395 Å². The first-order chi connectivity index (χ1) is 31.1.